The zero-order valence-corrected chi connectivity index (χ0v) is 17.3. The van der Waals surface area contributed by atoms with Gasteiger partial charge in [-0.05, 0) is 26.1 Å². The average molecular weight is 345 g/mol. The van der Waals surface area contributed by atoms with Crippen LogP contribution in [0, 0.1) is 0 Å². The maximum Gasteiger partial charge on any atom is 0.333 e. The summed E-state index contributed by atoms with van der Waals surface area (Å²) in [6.45, 7) is 8.61. The summed E-state index contributed by atoms with van der Waals surface area (Å²) < 4.78 is 10.8. The van der Waals surface area contributed by atoms with Crippen LogP contribution in [0.25, 0.3) is 0 Å². The van der Waals surface area contributed by atoms with Crippen molar-refractivity contribution in [1.82, 2.24) is 0 Å². The molecule has 0 rings (SSSR count). The first-order valence-electron chi connectivity index (χ1n) is 9.66. The Hall–Kier alpha value is -0.353. The van der Waals surface area contributed by atoms with E-state index in [9.17, 15) is 4.79 Å². The van der Waals surface area contributed by atoms with Gasteiger partial charge in [-0.15, -0.1) is 0 Å². The predicted molar refractivity (Wildman–Crippen MR) is 101 cm³/mol. The van der Waals surface area contributed by atoms with E-state index in [2.05, 4.69) is 26.6 Å². The molecule has 0 radical (unpaired) electrons. The number of carbonyl (C=O) groups excluding carboxylic acids is 1. The van der Waals surface area contributed by atoms with Crippen LogP contribution in [0.15, 0.2) is 0 Å². The Balaban J connectivity index is 3.61. The monoisotopic (exact) mass is 344 g/mol. The number of ether oxygens (including phenoxy) is 1. The van der Waals surface area contributed by atoms with E-state index in [1.54, 1.807) is 0 Å². The third-order valence-corrected chi connectivity index (χ3v) is 5.02. The van der Waals surface area contributed by atoms with Crippen LogP contribution in [0.5, 0.6) is 0 Å². The molecule has 0 bridgehead atoms. The van der Waals surface area contributed by atoms with Crippen LogP contribution >= 0.6 is 0 Å². The number of methoxy groups -OCH3 is 1. The van der Waals surface area contributed by atoms with Gasteiger partial charge >= 0.3 is 5.97 Å². The van der Waals surface area contributed by atoms with Gasteiger partial charge in [-0.25, -0.2) is 4.79 Å². The smallest absolute Gasteiger partial charge is 0.333 e. The highest BCUT2D eigenvalue weighted by Gasteiger charge is 2.26. The summed E-state index contributed by atoms with van der Waals surface area (Å²) in [5, 5.41) is 0. The van der Waals surface area contributed by atoms with Gasteiger partial charge in [-0.3, -0.25) is 0 Å². The lowest BCUT2D eigenvalue weighted by Crippen LogP contribution is -2.37. The van der Waals surface area contributed by atoms with Gasteiger partial charge in [-0.1, -0.05) is 77.6 Å². The van der Waals surface area contributed by atoms with Crippen LogP contribution in [-0.2, 0) is 14.0 Å². The van der Waals surface area contributed by atoms with Crippen molar-refractivity contribution in [2.24, 2.45) is 0 Å². The van der Waals surface area contributed by atoms with E-state index < -0.39 is 8.32 Å². The third-order valence-electron chi connectivity index (χ3n) is 4.03. The molecule has 0 saturated heterocycles. The quantitative estimate of drug-likeness (QED) is 0.205. The number of carbonyl (C=O) groups is 1. The molecule has 0 aromatic heterocycles. The van der Waals surface area contributed by atoms with Gasteiger partial charge in [0.2, 0.25) is 0 Å². The summed E-state index contributed by atoms with van der Waals surface area (Å²) in [6.07, 6.45) is 15.0. The van der Waals surface area contributed by atoms with Crippen molar-refractivity contribution in [3.05, 3.63) is 0 Å². The molecule has 3 nitrogen and oxygen atoms in total. The van der Waals surface area contributed by atoms with Gasteiger partial charge in [0, 0.05) is 0 Å². The molecular weight excluding hydrogens is 304 g/mol. The second kappa shape index (κ2) is 14.0. The molecule has 0 amide bonds. The van der Waals surface area contributed by atoms with E-state index in [1.807, 2.05) is 0 Å². The van der Waals surface area contributed by atoms with E-state index in [0.717, 1.165) is 12.8 Å². The second-order valence-electron chi connectivity index (χ2n) is 7.57. The molecule has 4 heteroatoms. The van der Waals surface area contributed by atoms with Crippen molar-refractivity contribution in [2.75, 3.05) is 7.11 Å². The molecule has 0 aliphatic heterocycles. The lowest BCUT2D eigenvalue weighted by Gasteiger charge is -2.24. The number of hydrogen-bond acceptors (Lipinski definition) is 3. The minimum atomic E-state index is -1.70. The Morgan fingerprint density at radius 2 is 1.26 bits per heavy atom. The maximum absolute atomic E-state index is 11.8. The number of unbranched alkanes of at least 4 members (excludes halogenated alkanes) is 10. The van der Waals surface area contributed by atoms with Crippen LogP contribution < -0.4 is 0 Å². The maximum atomic E-state index is 11.8. The first-order valence-corrected chi connectivity index (χ1v) is 13.1. The van der Waals surface area contributed by atoms with Gasteiger partial charge in [0.15, 0.2) is 8.32 Å². The average Bonchev–Trinajstić information content (AvgIpc) is 2.49. The van der Waals surface area contributed by atoms with E-state index in [-0.39, 0.29) is 12.1 Å². The summed E-state index contributed by atoms with van der Waals surface area (Å²) in [4.78, 5) is 11.8. The third kappa shape index (κ3) is 14.9. The molecule has 0 aliphatic carbocycles. The van der Waals surface area contributed by atoms with Crippen molar-refractivity contribution in [2.45, 2.75) is 110 Å². The van der Waals surface area contributed by atoms with Gasteiger partial charge in [0.25, 0.3) is 0 Å². The summed E-state index contributed by atoms with van der Waals surface area (Å²) in [5.41, 5.74) is 0. The minimum Gasteiger partial charge on any atom is -0.467 e. The molecule has 138 valence electrons. The van der Waals surface area contributed by atoms with Gasteiger partial charge < -0.3 is 9.16 Å². The van der Waals surface area contributed by atoms with E-state index in [4.69, 9.17) is 9.16 Å². The number of esters is 1. The van der Waals surface area contributed by atoms with Crippen LogP contribution in [0.4, 0.5) is 0 Å². The molecule has 0 fully saturated rings. The molecule has 0 N–H and O–H groups in total. The Kier molecular flexibility index (Phi) is 13.8. The fourth-order valence-electron chi connectivity index (χ4n) is 2.78. The van der Waals surface area contributed by atoms with Crippen LogP contribution in [-0.4, -0.2) is 27.5 Å². The van der Waals surface area contributed by atoms with E-state index in [1.165, 1.54) is 71.3 Å². The normalized spacial score (nSPS) is 13.1. The van der Waals surface area contributed by atoms with Crippen molar-refractivity contribution in [3.8, 4) is 0 Å². The topological polar surface area (TPSA) is 35.5 Å². The minimum absolute atomic E-state index is 0.209. The highest BCUT2D eigenvalue weighted by atomic mass is 28.4. The standard InChI is InChI=1S/C19H40O3Si/c1-6-7-8-9-10-11-12-13-14-15-16-17-18(19(20)21-2)22-23(3,4)5/h18H,6-17H2,1-5H3. The SMILES string of the molecule is CCCCCCCCCCCCCC(O[Si](C)(C)C)C(=O)OC. The Labute approximate surface area is 145 Å². The van der Waals surface area contributed by atoms with Crippen LogP contribution in [0.1, 0.15) is 84.0 Å². The molecule has 0 saturated carbocycles. The first kappa shape index (κ1) is 22.6. The Morgan fingerprint density at radius 1 is 0.826 bits per heavy atom. The van der Waals surface area contributed by atoms with Crippen molar-refractivity contribution in [3.63, 3.8) is 0 Å². The van der Waals surface area contributed by atoms with E-state index in [0.29, 0.717) is 0 Å². The molecule has 0 aromatic carbocycles. The van der Waals surface area contributed by atoms with Gasteiger partial charge in [0.05, 0.1) is 7.11 Å². The first-order chi connectivity index (χ1) is 10.9. The zero-order chi connectivity index (χ0) is 17.6. The lowest BCUT2D eigenvalue weighted by molar-refractivity contribution is -0.149. The lowest BCUT2D eigenvalue weighted by atomic mass is 10.0. The van der Waals surface area contributed by atoms with Crippen LogP contribution in [0.2, 0.25) is 19.6 Å². The van der Waals surface area contributed by atoms with Gasteiger partial charge in [-0.2, -0.15) is 0 Å². The zero-order valence-electron chi connectivity index (χ0n) is 16.3. The highest BCUT2D eigenvalue weighted by molar-refractivity contribution is 6.69. The number of rotatable bonds is 15. The Morgan fingerprint density at radius 3 is 1.65 bits per heavy atom. The summed E-state index contributed by atoms with van der Waals surface area (Å²) >= 11 is 0. The highest BCUT2D eigenvalue weighted by Crippen LogP contribution is 2.16. The molecule has 23 heavy (non-hydrogen) atoms. The summed E-state index contributed by atoms with van der Waals surface area (Å²) in [6, 6.07) is 0. The largest absolute Gasteiger partial charge is 0.467 e. The van der Waals surface area contributed by atoms with Crippen molar-refractivity contribution < 1.29 is 14.0 Å². The molecule has 0 aliphatic rings. The molecule has 0 aromatic rings. The second-order valence-corrected chi connectivity index (χ2v) is 12.0. The fraction of sp³-hybridized carbons (Fsp3) is 0.947. The predicted octanol–water partition coefficient (Wildman–Crippen LogP) is 6.08. The molecule has 0 heterocycles. The summed E-state index contributed by atoms with van der Waals surface area (Å²) in [5.74, 6) is -0.209. The molecule has 1 atom stereocenters. The van der Waals surface area contributed by atoms with Crippen molar-refractivity contribution >= 4 is 14.3 Å². The van der Waals surface area contributed by atoms with E-state index >= 15 is 0 Å². The van der Waals surface area contributed by atoms with Crippen molar-refractivity contribution in [1.29, 1.82) is 0 Å². The summed E-state index contributed by atoms with van der Waals surface area (Å²) in [7, 11) is -0.253. The molecule has 1 unspecified atom stereocenters. The molecule has 0 spiro atoms. The van der Waals surface area contributed by atoms with Gasteiger partial charge in [0.1, 0.15) is 6.10 Å². The fourth-order valence-corrected chi connectivity index (χ4v) is 3.84. The number of hydrogen-bond donors (Lipinski definition) is 0. The molecular formula is C19H40O3Si. The Bertz CT molecular complexity index is 287. The van der Waals surface area contributed by atoms with Crippen LogP contribution in [0.3, 0.4) is 0 Å².